The van der Waals surface area contributed by atoms with Crippen LogP contribution in [0.4, 0.5) is 13.2 Å². The second kappa shape index (κ2) is 4.02. The van der Waals surface area contributed by atoms with E-state index in [1.54, 1.807) is 0 Å². The van der Waals surface area contributed by atoms with E-state index in [1.165, 1.54) is 0 Å². The highest BCUT2D eigenvalue weighted by atomic mass is 35.5. The Morgan fingerprint density at radius 2 is 1.92 bits per heavy atom. The molecule has 0 aromatic carbocycles. The van der Waals surface area contributed by atoms with Gasteiger partial charge in [0.15, 0.2) is 5.60 Å². The second-order valence-electron chi connectivity index (χ2n) is 3.21. The fraction of sp³-hybridized carbons (Fsp3) is 1.00. The predicted octanol–water partition coefficient (Wildman–Crippen LogP) is 1.72. The molecule has 0 aromatic rings. The molecule has 0 amide bonds. The van der Waals surface area contributed by atoms with Crippen molar-refractivity contribution in [3.8, 4) is 0 Å². The van der Waals surface area contributed by atoms with E-state index in [0.29, 0.717) is 6.54 Å². The zero-order chi connectivity index (χ0) is 9.41. The maximum Gasteiger partial charge on any atom is 0.417 e. The summed E-state index contributed by atoms with van der Waals surface area (Å²) in [6.45, 7) is 0.307. The van der Waals surface area contributed by atoms with Gasteiger partial charge in [-0.2, -0.15) is 13.2 Å². The maximum absolute atomic E-state index is 12.3. The maximum atomic E-state index is 12.3. The van der Waals surface area contributed by atoms with Gasteiger partial charge in [0, 0.05) is 7.11 Å². The number of methoxy groups -OCH3 is 1. The molecule has 80 valence electrons. The molecule has 2 nitrogen and oxygen atoms in total. The van der Waals surface area contributed by atoms with Crippen LogP contribution in [0.2, 0.25) is 0 Å². The first-order chi connectivity index (χ1) is 5.45. The first-order valence-electron chi connectivity index (χ1n) is 3.77. The Bertz CT molecular complexity index is 168. The van der Waals surface area contributed by atoms with Gasteiger partial charge in [-0.1, -0.05) is 0 Å². The average Bonchev–Trinajstić information content (AvgIpc) is 1.84. The SMILES string of the molecule is COC1(C(F)(F)F)CC(CN)C1.Cl. The molecule has 1 rings (SSSR count). The molecular formula is C7H13ClF3NO. The van der Waals surface area contributed by atoms with Gasteiger partial charge in [0.2, 0.25) is 0 Å². The Morgan fingerprint density at radius 1 is 1.46 bits per heavy atom. The average molecular weight is 220 g/mol. The Hall–Kier alpha value is 0. The summed E-state index contributed by atoms with van der Waals surface area (Å²) in [6.07, 6.45) is -4.25. The van der Waals surface area contributed by atoms with Crippen LogP contribution in [0, 0.1) is 5.92 Å². The molecule has 0 heterocycles. The number of rotatable bonds is 2. The number of ether oxygens (including phenoxy) is 1. The smallest absolute Gasteiger partial charge is 0.369 e. The van der Waals surface area contributed by atoms with Gasteiger partial charge in [-0.3, -0.25) is 0 Å². The highest BCUT2D eigenvalue weighted by Gasteiger charge is 2.62. The van der Waals surface area contributed by atoms with Gasteiger partial charge < -0.3 is 10.5 Å². The van der Waals surface area contributed by atoms with Gasteiger partial charge >= 0.3 is 6.18 Å². The van der Waals surface area contributed by atoms with Gasteiger partial charge in [-0.25, -0.2) is 0 Å². The van der Waals surface area contributed by atoms with Crippen LogP contribution in [0.15, 0.2) is 0 Å². The molecule has 2 N–H and O–H groups in total. The monoisotopic (exact) mass is 219 g/mol. The summed E-state index contributed by atoms with van der Waals surface area (Å²) in [4.78, 5) is 0. The van der Waals surface area contributed by atoms with Crippen LogP contribution < -0.4 is 5.73 Å². The number of alkyl halides is 3. The lowest BCUT2D eigenvalue weighted by molar-refractivity contribution is -0.307. The lowest BCUT2D eigenvalue weighted by atomic mass is 9.70. The summed E-state index contributed by atoms with van der Waals surface area (Å²) >= 11 is 0. The van der Waals surface area contributed by atoms with Gasteiger partial charge in [0.05, 0.1) is 0 Å². The number of nitrogens with two attached hydrogens (primary N) is 1. The molecule has 1 saturated carbocycles. The van der Waals surface area contributed by atoms with Crippen molar-refractivity contribution in [3.63, 3.8) is 0 Å². The second-order valence-corrected chi connectivity index (χ2v) is 3.21. The topological polar surface area (TPSA) is 35.2 Å². The predicted molar refractivity (Wildman–Crippen MR) is 44.8 cm³/mol. The molecule has 0 saturated heterocycles. The van der Waals surface area contributed by atoms with Crippen LogP contribution in [0.5, 0.6) is 0 Å². The normalized spacial score (nSPS) is 33.5. The van der Waals surface area contributed by atoms with Crippen LogP contribution >= 0.6 is 12.4 Å². The lowest BCUT2D eigenvalue weighted by Gasteiger charge is -2.46. The molecular weight excluding hydrogens is 207 g/mol. The van der Waals surface area contributed by atoms with Crippen LogP contribution in [0.1, 0.15) is 12.8 Å². The molecule has 1 aliphatic carbocycles. The summed E-state index contributed by atoms with van der Waals surface area (Å²) in [5.74, 6) is -0.0356. The van der Waals surface area contributed by atoms with Crippen molar-refractivity contribution in [2.45, 2.75) is 24.6 Å². The highest BCUT2D eigenvalue weighted by Crippen LogP contribution is 2.50. The van der Waals surface area contributed by atoms with E-state index in [2.05, 4.69) is 4.74 Å². The molecule has 0 aromatic heterocycles. The van der Waals surface area contributed by atoms with E-state index in [9.17, 15) is 13.2 Å². The van der Waals surface area contributed by atoms with Crippen molar-refractivity contribution in [3.05, 3.63) is 0 Å². The van der Waals surface area contributed by atoms with Crippen molar-refractivity contribution < 1.29 is 17.9 Å². The minimum Gasteiger partial charge on any atom is -0.369 e. The van der Waals surface area contributed by atoms with Gasteiger partial charge in [-0.05, 0) is 25.3 Å². The molecule has 0 radical (unpaired) electrons. The van der Waals surface area contributed by atoms with E-state index in [4.69, 9.17) is 5.73 Å². The van der Waals surface area contributed by atoms with Crippen molar-refractivity contribution >= 4 is 12.4 Å². The quantitative estimate of drug-likeness (QED) is 0.768. The largest absolute Gasteiger partial charge is 0.417 e. The van der Waals surface area contributed by atoms with E-state index in [1.807, 2.05) is 0 Å². The van der Waals surface area contributed by atoms with Crippen molar-refractivity contribution in [2.75, 3.05) is 13.7 Å². The summed E-state index contributed by atoms with van der Waals surface area (Å²) in [5, 5.41) is 0. The molecule has 0 aliphatic heterocycles. The summed E-state index contributed by atoms with van der Waals surface area (Å²) in [5.41, 5.74) is 3.32. The lowest BCUT2D eigenvalue weighted by Crippen LogP contribution is -2.58. The summed E-state index contributed by atoms with van der Waals surface area (Å²) < 4.78 is 41.4. The highest BCUT2D eigenvalue weighted by molar-refractivity contribution is 5.85. The van der Waals surface area contributed by atoms with Crippen molar-refractivity contribution in [2.24, 2.45) is 11.7 Å². The Labute approximate surface area is 81.0 Å². The summed E-state index contributed by atoms with van der Waals surface area (Å²) in [6, 6.07) is 0. The van der Waals surface area contributed by atoms with E-state index in [0.717, 1.165) is 7.11 Å². The third-order valence-electron chi connectivity index (χ3n) is 2.48. The zero-order valence-corrected chi connectivity index (χ0v) is 8.04. The van der Waals surface area contributed by atoms with E-state index < -0.39 is 11.8 Å². The van der Waals surface area contributed by atoms with E-state index in [-0.39, 0.29) is 31.2 Å². The summed E-state index contributed by atoms with van der Waals surface area (Å²) in [7, 11) is 1.10. The van der Waals surface area contributed by atoms with Crippen LogP contribution in [-0.4, -0.2) is 25.4 Å². The minimum atomic E-state index is -4.26. The fourth-order valence-electron chi connectivity index (χ4n) is 1.55. The van der Waals surface area contributed by atoms with Crippen LogP contribution in [-0.2, 0) is 4.74 Å². The molecule has 0 spiro atoms. The third kappa shape index (κ3) is 2.08. The molecule has 13 heavy (non-hydrogen) atoms. The van der Waals surface area contributed by atoms with Gasteiger partial charge in [-0.15, -0.1) is 12.4 Å². The molecule has 0 unspecified atom stereocenters. The molecule has 0 atom stereocenters. The molecule has 6 heteroatoms. The minimum absolute atomic E-state index is 0. The first kappa shape index (κ1) is 13.0. The standard InChI is InChI=1S/C7H12F3NO.ClH/c1-12-6(7(8,9)10)2-5(3-6)4-11;/h5H,2-4,11H2,1H3;1H. The zero-order valence-electron chi connectivity index (χ0n) is 7.23. The first-order valence-corrected chi connectivity index (χ1v) is 3.77. The van der Waals surface area contributed by atoms with Crippen molar-refractivity contribution in [1.82, 2.24) is 0 Å². The van der Waals surface area contributed by atoms with E-state index >= 15 is 0 Å². The molecule has 0 bridgehead atoms. The molecule has 1 fully saturated rings. The Balaban J connectivity index is 0.00000144. The van der Waals surface area contributed by atoms with Gasteiger partial charge in [0.25, 0.3) is 0 Å². The van der Waals surface area contributed by atoms with Crippen LogP contribution in [0.25, 0.3) is 0 Å². The molecule has 1 aliphatic rings. The third-order valence-corrected chi connectivity index (χ3v) is 2.48. The Kier molecular flexibility index (Phi) is 4.02. The van der Waals surface area contributed by atoms with Crippen LogP contribution in [0.3, 0.4) is 0 Å². The Morgan fingerprint density at radius 3 is 2.15 bits per heavy atom. The van der Waals surface area contributed by atoms with Gasteiger partial charge in [0.1, 0.15) is 0 Å². The van der Waals surface area contributed by atoms with Crippen molar-refractivity contribution in [1.29, 1.82) is 0 Å². The number of hydrogen-bond donors (Lipinski definition) is 1. The number of halogens is 4. The number of hydrogen-bond acceptors (Lipinski definition) is 2. The fourth-order valence-corrected chi connectivity index (χ4v) is 1.55.